The third-order valence-electron chi connectivity index (χ3n) is 7.08. The average Bonchev–Trinajstić information content (AvgIpc) is 2.99. The Morgan fingerprint density at radius 3 is 2.68 bits per heavy atom. The highest BCUT2D eigenvalue weighted by Gasteiger charge is 2.29. The predicted octanol–water partition coefficient (Wildman–Crippen LogP) is 5.49. The van der Waals surface area contributed by atoms with Gasteiger partial charge >= 0.3 is 5.97 Å². The molecule has 1 aromatic carbocycles. The lowest BCUT2D eigenvalue weighted by molar-refractivity contribution is -0.142. The van der Waals surface area contributed by atoms with E-state index in [1.807, 2.05) is 61.5 Å². The summed E-state index contributed by atoms with van der Waals surface area (Å²) >= 11 is 0. The van der Waals surface area contributed by atoms with Crippen LogP contribution in [-0.2, 0) is 10.2 Å². The molecule has 1 unspecified atom stereocenters. The van der Waals surface area contributed by atoms with Gasteiger partial charge in [0.05, 0.1) is 36.7 Å². The molecule has 3 aromatic heterocycles. The zero-order valence-electron chi connectivity index (χ0n) is 23.4. The van der Waals surface area contributed by atoms with Gasteiger partial charge in [0.15, 0.2) is 11.6 Å². The summed E-state index contributed by atoms with van der Waals surface area (Å²) < 4.78 is 11.9. The summed E-state index contributed by atoms with van der Waals surface area (Å²) in [4.78, 5) is 32.1. The van der Waals surface area contributed by atoms with Crippen molar-refractivity contribution in [2.24, 2.45) is 0 Å². The number of rotatable bonds is 10. The number of anilines is 3. The molecule has 41 heavy (non-hydrogen) atoms. The van der Waals surface area contributed by atoms with Crippen molar-refractivity contribution in [2.45, 2.75) is 45.1 Å². The van der Waals surface area contributed by atoms with Gasteiger partial charge in [0.1, 0.15) is 17.7 Å². The fourth-order valence-corrected chi connectivity index (χ4v) is 4.68. The van der Waals surface area contributed by atoms with Gasteiger partial charge in [-0.3, -0.25) is 9.78 Å². The Hall–Kier alpha value is -4.73. The molecule has 10 nitrogen and oxygen atoms in total. The van der Waals surface area contributed by atoms with Crippen LogP contribution in [0.2, 0.25) is 0 Å². The molecule has 212 valence electrons. The van der Waals surface area contributed by atoms with E-state index in [4.69, 9.17) is 19.4 Å². The Morgan fingerprint density at radius 2 is 1.90 bits per heavy atom. The molecule has 4 aromatic rings. The van der Waals surface area contributed by atoms with Gasteiger partial charge in [-0.05, 0) is 63.4 Å². The van der Waals surface area contributed by atoms with Crippen LogP contribution in [0, 0.1) is 0 Å². The molecule has 4 heterocycles. The Morgan fingerprint density at radius 1 is 1.07 bits per heavy atom. The van der Waals surface area contributed by atoms with Crippen molar-refractivity contribution in [3.8, 4) is 22.9 Å². The number of carboxylic acids is 1. The number of ether oxygens (including phenoxy) is 2. The van der Waals surface area contributed by atoms with Crippen LogP contribution >= 0.6 is 0 Å². The van der Waals surface area contributed by atoms with E-state index in [1.54, 1.807) is 32.4 Å². The molecule has 0 bridgehead atoms. The van der Waals surface area contributed by atoms with Gasteiger partial charge in [-0.25, -0.2) is 15.0 Å². The summed E-state index contributed by atoms with van der Waals surface area (Å²) in [5, 5.41) is 12.8. The fraction of sp³-hybridized carbons (Fsp3) is 0.323. The first-order valence-corrected chi connectivity index (χ1v) is 13.7. The lowest BCUT2D eigenvalue weighted by Gasteiger charge is -2.33. The highest BCUT2D eigenvalue weighted by Crippen LogP contribution is 2.29. The smallest absolute Gasteiger partial charge is 0.313 e. The van der Waals surface area contributed by atoms with Crippen LogP contribution in [0.1, 0.15) is 39.2 Å². The molecule has 1 aliphatic rings. The number of piperidine rings is 1. The lowest BCUT2D eigenvalue weighted by Crippen LogP contribution is -2.41. The van der Waals surface area contributed by atoms with E-state index >= 15 is 0 Å². The van der Waals surface area contributed by atoms with Crippen molar-refractivity contribution >= 4 is 23.4 Å². The molecular formula is C31H34N6O4. The van der Waals surface area contributed by atoms with Gasteiger partial charge in [-0.15, -0.1) is 0 Å². The second-order valence-corrected chi connectivity index (χ2v) is 10.4. The molecule has 0 saturated carbocycles. The first-order valence-electron chi connectivity index (χ1n) is 13.7. The fourth-order valence-electron chi connectivity index (χ4n) is 4.68. The van der Waals surface area contributed by atoms with Crippen LogP contribution in [0.25, 0.3) is 11.3 Å². The third kappa shape index (κ3) is 6.54. The lowest BCUT2D eigenvalue weighted by atomic mass is 9.84. The van der Waals surface area contributed by atoms with Gasteiger partial charge < -0.3 is 24.8 Å². The Labute approximate surface area is 239 Å². The molecule has 1 fully saturated rings. The van der Waals surface area contributed by atoms with Crippen molar-refractivity contribution in [2.75, 3.05) is 29.9 Å². The number of aromatic nitrogens is 4. The van der Waals surface area contributed by atoms with E-state index < -0.39 is 11.4 Å². The minimum Gasteiger partial charge on any atom is -0.488 e. The van der Waals surface area contributed by atoms with E-state index in [0.29, 0.717) is 36.4 Å². The maximum atomic E-state index is 11.6. The Kier molecular flexibility index (Phi) is 8.28. The summed E-state index contributed by atoms with van der Waals surface area (Å²) in [7, 11) is 0. The number of pyridine rings is 2. The highest BCUT2D eigenvalue weighted by molar-refractivity contribution is 5.80. The number of aliphatic carboxylic acids is 1. The molecule has 1 saturated heterocycles. The molecule has 5 rings (SSSR count). The molecule has 0 amide bonds. The number of carboxylic acid groups (broad SMARTS) is 1. The second kappa shape index (κ2) is 12.2. The summed E-state index contributed by atoms with van der Waals surface area (Å²) in [5.74, 6) is 2.25. The van der Waals surface area contributed by atoms with Crippen molar-refractivity contribution in [1.29, 1.82) is 0 Å². The maximum Gasteiger partial charge on any atom is 0.313 e. The molecule has 0 aliphatic carbocycles. The molecule has 1 atom stereocenters. The standard InChI is InChI=1S/C31H34N6O4/c1-4-40-25-10-6-16-33-29(25)41-23-8-7-17-37(20-23)28-19-32-18-27(36-28)35-26-11-5-9-24(34-26)21-12-14-22(15-13-21)31(2,3)30(38)39/h5-6,9-16,18-19,23H,4,7-8,17,20H2,1-3H3,(H,38,39)(H,34,35,36). The van der Waals surface area contributed by atoms with Crippen molar-refractivity contribution in [1.82, 2.24) is 19.9 Å². The van der Waals surface area contributed by atoms with Crippen LogP contribution in [-0.4, -0.2) is 56.8 Å². The van der Waals surface area contributed by atoms with Gasteiger partial charge in [-0.1, -0.05) is 30.3 Å². The van der Waals surface area contributed by atoms with Crippen LogP contribution in [0.15, 0.2) is 73.2 Å². The summed E-state index contributed by atoms with van der Waals surface area (Å²) in [6.45, 7) is 7.37. The number of hydrogen-bond acceptors (Lipinski definition) is 9. The van der Waals surface area contributed by atoms with Gasteiger partial charge in [0.2, 0.25) is 0 Å². The Balaban J connectivity index is 1.27. The molecular weight excluding hydrogens is 520 g/mol. The first kappa shape index (κ1) is 27.8. The topological polar surface area (TPSA) is 123 Å². The summed E-state index contributed by atoms with van der Waals surface area (Å²) in [6, 6.07) is 16.9. The molecule has 1 aliphatic heterocycles. The summed E-state index contributed by atoms with van der Waals surface area (Å²) in [5.41, 5.74) is 1.41. The number of benzene rings is 1. The molecule has 0 spiro atoms. The minimum absolute atomic E-state index is 0.0536. The van der Waals surface area contributed by atoms with Crippen LogP contribution in [0.4, 0.5) is 17.5 Å². The zero-order chi connectivity index (χ0) is 28.8. The van der Waals surface area contributed by atoms with Crippen LogP contribution < -0.4 is 19.7 Å². The van der Waals surface area contributed by atoms with Gasteiger partial charge in [0, 0.05) is 18.3 Å². The monoisotopic (exact) mass is 554 g/mol. The first-order chi connectivity index (χ1) is 19.8. The van der Waals surface area contributed by atoms with Crippen LogP contribution in [0.3, 0.4) is 0 Å². The quantitative estimate of drug-likeness (QED) is 0.260. The second-order valence-electron chi connectivity index (χ2n) is 10.4. The zero-order valence-corrected chi connectivity index (χ0v) is 23.4. The van der Waals surface area contributed by atoms with Crippen molar-refractivity contribution in [3.63, 3.8) is 0 Å². The minimum atomic E-state index is -0.968. The van der Waals surface area contributed by atoms with Crippen molar-refractivity contribution < 1.29 is 19.4 Å². The largest absolute Gasteiger partial charge is 0.488 e. The number of nitrogens with one attached hydrogen (secondary N) is 1. The SMILES string of the molecule is CCOc1cccnc1OC1CCCN(c2cncc(Nc3cccc(-c4ccc(C(C)(C)C(=O)O)cc4)n3)n2)C1. The maximum absolute atomic E-state index is 11.6. The number of carbonyl (C=O) groups is 1. The van der Waals surface area contributed by atoms with E-state index in [2.05, 4.69) is 20.2 Å². The number of nitrogens with zero attached hydrogens (tertiary/aromatic N) is 5. The molecule has 0 radical (unpaired) electrons. The summed E-state index contributed by atoms with van der Waals surface area (Å²) in [6.07, 6.45) is 6.94. The highest BCUT2D eigenvalue weighted by atomic mass is 16.5. The van der Waals surface area contributed by atoms with Crippen LogP contribution in [0.5, 0.6) is 11.6 Å². The van der Waals surface area contributed by atoms with E-state index in [1.165, 1.54) is 0 Å². The Bertz CT molecular complexity index is 1490. The average molecular weight is 555 g/mol. The molecule has 10 heteroatoms. The normalized spacial score (nSPS) is 15.3. The van der Waals surface area contributed by atoms with E-state index in [-0.39, 0.29) is 6.10 Å². The number of hydrogen-bond donors (Lipinski definition) is 2. The predicted molar refractivity (Wildman–Crippen MR) is 157 cm³/mol. The van der Waals surface area contributed by atoms with E-state index in [9.17, 15) is 9.90 Å². The molecule has 2 N–H and O–H groups in total. The third-order valence-corrected chi connectivity index (χ3v) is 7.08. The van der Waals surface area contributed by atoms with E-state index in [0.717, 1.165) is 42.0 Å². The van der Waals surface area contributed by atoms with Crippen molar-refractivity contribution in [3.05, 3.63) is 78.8 Å². The van der Waals surface area contributed by atoms with Gasteiger partial charge in [-0.2, -0.15) is 0 Å². The van der Waals surface area contributed by atoms with Gasteiger partial charge in [0.25, 0.3) is 5.88 Å².